The number of hydrogen-bond donors (Lipinski definition) is 7. The summed E-state index contributed by atoms with van der Waals surface area (Å²) < 4.78 is 21.3. The van der Waals surface area contributed by atoms with Gasteiger partial charge in [-0.15, -0.1) is 0 Å². The second kappa shape index (κ2) is 20.8. The molecule has 3 atom stereocenters. The van der Waals surface area contributed by atoms with Gasteiger partial charge in [-0.3, -0.25) is 30.4 Å². The van der Waals surface area contributed by atoms with Crippen molar-refractivity contribution in [3.05, 3.63) is 102 Å². The van der Waals surface area contributed by atoms with Gasteiger partial charge in [0.05, 0.1) is 47.3 Å². The highest BCUT2D eigenvalue weighted by molar-refractivity contribution is 6.12. The fourth-order valence-corrected chi connectivity index (χ4v) is 6.20. The molecule has 0 aliphatic heterocycles. The van der Waals surface area contributed by atoms with E-state index < -0.39 is 53.9 Å². The van der Waals surface area contributed by atoms with E-state index in [0.717, 1.165) is 5.56 Å². The van der Waals surface area contributed by atoms with Crippen LogP contribution in [0.1, 0.15) is 67.9 Å². The molecule has 1 aromatic heterocycles. The summed E-state index contributed by atoms with van der Waals surface area (Å²) in [6, 6.07) is 24.5. The standard InChI is InChI=1S/C38H47FN4O11/c1-25(2)36-35(38(47)40-29-12-7-4-8-13-29)34(26-10-5-3-6-11-26)37(27-15-17-28(39)18-16-27)41(36)20-19-30(44)22-31(45)23-33(46)52-21-9-14-32(54-43(50)51)24-53-42(48)49/h3-8,10-13,15-18,25,30-32,44-45,48-51H,9,14,19-24H2,1-2H3,(H,40,47). The zero-order valence-electron chi connectivity index (χ0n) is 30.0. The molecule has 0 aliphatic rings. The van der Waals surface area contributed by atoms with Crippen molar-refractivity contribution in [1.29, 1.82) is 0 Å². The number of aromatic nitrogens is 1. The van der Waals surface area contributed by atoms with Gasteiger partial charge in [0.2, 0.25) is 0 Å². The number of ether oxygens (including phenoxy) is 1. The number of rotatable bonds is 21. The summed E-state index contributed by atoms with van der Waals surface area (Å²) in [5.41, 5.74) is 4.49. The maximum Gasteiger partial charge on any atom is 0.308 e. The Labute approximate surface area is 311 Å². The predicted octanol–water partition coefficient (Wildman–Crippen LogP) is 5.95. The molecule has 1 amide bonds. The van der Waals surface area contributed by atoms with E-state index in [1.54, 1.807) is 24.3 Å². The summed E-state index contributed by atoms with van der Waals surface area (Å²) in [6.07, 6.45) is -3.56. The molecule has 0 spiro atoms. The van der Waals surface area contributed by atoms with Crippen LogP contribution in [0.4, 0.5) is 10.1 Å². The first-order valence-electron chi connectivity index (χ1n) is 17.4. The van der Waals surface area contributed by atoms with Gasteiger partial charge >= 0.3 is 5.97 Å². The Morgan fingerprint density at radius 2 is 1.48 bits per heavy atom. The molecule has 3 aromatic carbocycles. The molecule has 0 fully saturated rings. The number of halogens is 1. The average molecular weight is 755 g/mol. The maximum absolute atomic E-state index is 14.2. The lowest BCUT2D eigenvalue weighted by molar-refractivity contribution is -0.527. The monoisotopic (exact) mass is 754 g/mol. The lowest BCUT2D eigenvalue weighted by atomic mass is 9.94. The summed E-state index contributed by atoms with van der Waals surface area (Å²) in [7, 11) is 0. The van der Waals surface area contributed by atoms with Gasteiger partial charge in [0.15, 0.2) is 0 Å². The van der Waals surface area contributed by atoms with E-state index in [0.29, 0.717) is 33.8 Å². The highest BCUT2D eigenvalue weighted by atomic mass is 19.1. The van der Waals surface area contributed by atoms with Crippen molar-refractivity contribution in [3.63, 3.8) is 0 Å². The van der Waals surface area contributed by atoms with Crippen molar-refractivity contribution in [2.75, 3.05) is 18.5 Å². The van der Waals surface area contributed by atoms with E-state index in [2.05, 4.69) is 15.0 Å². The molecular weight excluding hydrogens is 707 g/mol. The van der Waals surface area contributed by atoms with Gasteiger partial charge in [0, 0.05) is 23.5 Å². The van der Waals surface area contributed by atoms with Crippen molar-refractivity contribution in [3.8, 4) is 22.4 Å². The summed E-state index contributed by atoms with van der Waals surface area (Å²) >= 11 is 0. The summed E-state index contributed by atoms with van der Waals surface area (Å²) in [6.45, 7) is 3.54. The predicted molar refractivity (Wildman–Crippen MR) is 191 cm³/mol. The molecule has 0 radical (unpaired) electrons. The summed E-state index contributed by atoms with van der Waals surface area (Å²) in [5, 5.41) is 58.7. The Kier molecular flexibility index (Phi) is 16.2. The second-order valence-corrected chi connectivity index (χ2v) is 12.9. The minimum atomic E-state index is -1.24. The van der Waals surface area contributed by atoms with Gasteiger partial charge < -0.3 is 24.8 Å². The van der Waals surface area contributed by atoms with Crippen LogP contribution >= 0.6 is 0 Å². The van der Waals surface area contributed by atoms with Crippen LogP contribution in [0.3, 0.4) is 0 Å². The van der Waals surface area contributed by atoms with E-state index in [-0.39, 0.29) is 50.7 Å². The topological polar surface area (TPSA) is 207 Å². The van der Waals surface area contributed by atoms with Crippen LogP contribution in [0.2, 0.25) is 0 Å². The van der Waals surface area contributed by atoms with Crippen LogP contribution in [0.15, 0.2) is 84.9 Å². The molecular formula is C38H47FN4O11. The number of carbonyl (C=O) groups excluding carboxylic acids is 2. The Morgan fingerprint density at radius 1 is 0.833 bits per heavy atom. The molecule has 1 heterocycles. The van der Waals surface area contributed by atoms with E-state index in [4.69, 9.17) is 25.6 Å². The zero-order valence-corrected chi connectivity index (χ0v) is 30.0. The molecule has 0 saturated carbocycles. The molecule has 0 bridgehead atoms. The van der Waals surface area contributed by atoms with Crippen molar-refractivity contribution in [1.82, 2.24) is 15.3 Å². The molecule has 54 heavy (non-hydrogen) atoms. The SMILES string of the molecule is CC(C)c1c(C(=O)Nc2ccccc2)c(-c2ccccc2)c(-c2ccc(F)cc2)n1CCC(O)CC(O)CC(=O)OCCCC(CON(O)O)ON(O)O. The minimum absolute atomic E-state index is 0.0549. The normalized spacial score (nSPS) is 13.3. The number of aliphatic hydroxyl groups is 2. The molecule has 4 aromatic rings. The Balaban J connectivity index is 1.51. The van der Waals surface area contributed by atoms with Crippen molar-refractivity contribution >= 4 is 17.6 Å². The Bertz CT molecular complexity index is 1760. The van der Waals surface area contributed by atoms with Crippen LogP contribution in [0.25, 0.3) is 22.4 Å². The van der Waals surface area contributed by atoms with Gasteiger partial charge in [-0.1, -0.05) is 62.4 Å². The number of para-hydroxylation sites is 1. The fourth-order valence-electron chi connectivity index (χ4n) is 6.20. The highest BCUT2D eigenvalue weighted by Crippen LogP contribution is 2.42. The third kappa shape index (κ3) is 12.5. The molecule has 0 aliphatic carbocycles. The highest BCUT2D eigenvalue weighted by Gasteiger charge is 2.31. The largest absolute Gasteiger partial charge is 0.466 e. The molecule has 16 heteroatoms. The van der Waals surface area contributed by atoms with Crippen molar-refractivity contribution < 1.29 is 59.4 Å². The average Bonchev–Trinajstić information content (AvgIpc) is 3.48. The van der Waals surface area contributed by atoms with Gasteiger partial charge in [0.1, 0.15) is 18.5 Å². The van der Waals surface area contributed by atoms with E-state index >= 15 is 0 Å². The van der Waals surface area contributed by atoms with Gasteiger partial charge in [0.25, 0.3) is 5.91 Å². The van der Waals surface area contributed by atoms with E-state index in [9.17, 15) is 24.2 Å². The molecule has 7 N–H and O–H groups in total. The fraction of sp³-hybridized carbons (Fsp3) is 0.368. The Hall–Kier alpha value is -4.59. The quantitative estimate of drug-likeness (QED) is 0.0299. The summed E-state index contributed by atoms with van der Waals surface area (Å²) in [4.78, 5) is 35.7. The first-order chi connectivity index (χ1) is 25.8. The number of hydrogen-bond acceptors (Lipinski definition) is 13. The summed E-state index contributed by atoms with van der Waals surface area (Å²) in [5.74, 6) is -1.66. The number of benzene rings is 3. The number of carbonyl (C=O) groups is 2. The number of anilines is 1. The van der Waals surface area contributed by atoms with Crippen molar-refractivity contribution in [2.24, 2.45) is 0 Å². The van der Waals surface area contributed by atoms with Crippen LogP contribution in [0.5, 0.6) is 0 Å². The maximum atomic E-state index is 14.2. The zero-order chi connectivity index (χ0) is 39.2. The minimum Gasteiger partial charge on any atom is -0.466 e. The number of amides is 1. The number of nitrogens with one attached hydrogen (secondary N) is 1. The second-order valence-electron chi connectivity index (χ2n) is 12.9. The van der Waals surface area contributed by atoms with Crippen molar-refractivity contribution in [2.45, 2.75) is 76.7 Å². The third-order valence-corrected chi connectivity index (χ3v) is 8.47. The van der Waals surface area contributed by atoms with Gasteiger partial charge in [-0.25, -0.2) is 14.1 Å². The van der Waals surface area contributed by atoms with Crippen LogP contribution < -0.4 is 5.32 Å². The molecule has 0 saturated heterocycles. The smallest absolute Gasteiger partial charge is 0.308 e. The Morgan fingerprint density at radius 3 is 2.09 bits per heavy atom. The molecule has 3 unspecified atom stereocenters. The van der Waals surface area contributed by atoms with E-state index in [1.807, 2.05) is 66.9 Å². The molecule has 15 nitrogen and oxygen atoms in total. The first-order valence-corrected chi connectivity index (χ1v) is 17.4. The lowest BCUT2D eigenvalue weighted by Crippen LogP contribution is -2.31. The van der Waals surface area contributed by atoms with E-state index in [1.165, 1.54) is 12.1 Å². The third-order valence-electron chi connectivity index (χ3n) is 8.47. The number of esters is 1. The van der Waals surface area contributed by atoms with Crippen LogP contribution in [0, 0.1) is 5.82 Å². The van der Waals surface area contributed by atoms with Gasteiger partial charge in [-0.2, -0.15) is 0 Å². The number of nitrogens with zero attached hydrogens (tertiary/aromatic N) is 3. The van der Waals surface area contributed by atoms with Crippen LogP contribution in [-0.4, -0.2) is 89.8 Å². The lowest BCUT2D eigenvalue weighted by Gasteiger charge is -2.20. The first kappa shape index (κ1) is 42.2. The van der Waals surface area contributed by atoms with Crippen LogP contribution in [-0.2, 0) is 25.8 Å². The molecule has 4 rings (SSSR count). The van der Waals surface area contributed by atoms with Gasteiger partial charge in [-0.05, 0) is 79.1 Å². The molecule has 292 valence electrons. The number of aliphatic hydroxyl groups excluding tert-OH is 2.